The molecule has 0 bridgehead atoms. The maximum atomic E-state index is 13.3. The van der Waals surface area contributed by atoms with Crippen LogP contribution < -0.4 is 0 Å². The number of hydrogen-bond donors (Lipinski definition) is 0. The van der Waals surface area contributed by atoms with Crippen LogP contribution in [0.1, 0.15) is 103 Å². The number of benzene rings is 1. The lowest BCUT2D eigenvalue weighted by Gasteiger charge is -2.31. The van der Waals surface area contributed by atoms with E-state index in [0.29, 0.717) is 18.0 Å². The molecule has 0 N–H and O–H groups in total. The maximum absolute atomic E-state index is 13.3. The first-order valence-electron chi connectivity index (χ1n) is 11.5. The average Bonchev–Trinajstić information content (AvgIpc) is 3.46. The second-order valence-corrected chi connectivity index (χ2v) is 10.1. The highest BCUT2D eigenvalue weighted by Gasteiger charge is 2.42. The number of hydrogen-bond acceptors (Lipinski definition) is 3. The largest absolute Gasteiger partial charge is 0.330 e. The van der Waals surface area contributed by atoms with Gasteiger partial charge in [-0.3, -0.25) is 14.3 Å². The van der Waals surface area contributed by atoms with Crippen molar-refractivity contribution in [1.82, 2.24) is 14.7 Å². The van der Waals surface area contributed by atoms with E-state index in [4.69, 9.17) is 5.10 Å². The van der Waals surface area contributed by atoms with E-state index in [1.165, 1.54) is 12.8 Å². The Morgan fingerprint density at radius 2 is 1.77 bits per heavy atom. The van der Waals surface area contributed by atoms with Crippen molar-refractivity contribution >= 4 is 11.7 Å². The molecular formula is C25H31N3O2. The van der Waals surface area contributed by atoms with Crippen molar-refractivity contribution in [2.45, 2.75) is 77.3 Å². The Bertz CT molecular complexity index is 970. The normalized spacial score (nSPS) is 23.7. The molecule has 2 heterocycles. The van der Waals surface area contributed by atoms with Gasteiger partial charge in [0.1, 0.15) is 0 Å². The predicted octanol–water partition coefficient (Wildman–Crippen LogP) is 5.13. The molecule has 1 aromatic heterocycles. The Labute approximate surface area is 178 Å². The third-order valence-electron chi connectivity index (χ3n) is 7.12. The highest BCUT2D eigenvalue weighted by molar-refractivity contribution is 6.00. The van der Waals surface area contributed by atoms with Crippen LogP contribution in [0, 0.1) is 5.41 Å². The van der Waals surface area contributed by atoms with Crippen molar-refractivity contribution in [1.29, 1.82) is 0 Å². The molecule has 3 aliphatic rings. The van der Waals surface area contributed by atoms with E-state index in [-0.39, 0.29) is 23.1 Å². The predicted molar refractivity (Wildman–Crippen MR) is 116 cm³/mol. The van der Waals surface area contributed by atoms with Crippen LogP contribution in [0.25, 0.3) is 0 Å². The smallest absolute Gasteiger partial charge is 0.254 e. The fourth-order valence-electron chi connectivity index (χ4n) is 5.73. The van der Waals surface area contributed by atoms with Gasteiger partial charge in [-0.15, -0.1) is 0 Å². The monoisotopic (exact) mass is 405 g/mol. The van der Waals surface area contributed by atoms with Crippen LogP contribution in [0.5, 0.6) is 0 Å². The summed E-state index contributed by atoms with van der Waals surface area (Å²) in [6, 6.07) is 9.78. The maximum Gasteiger partial charge on any atom is 0.254 e. The number of amides is 1. The molecule has 2 fully saturated rings. The fraction of sp³-hybridized carbons (Fsp3) is 0.560. The topological polar surface area (TPSA) is 55.2 Å². The summed E-state index contributed by atoms with van der Waals surface area (Å²) in [4.78, 5) is 28.5. The number of carbonyl (C=O) groups is 2. The van der Waals surface area contributed by atoms with E-state index < -0.39 is 0 Å². The van der Waals surface area contributed by atoms with Gasteiger partial charge in [-0.05, 0) is 49.7 Å². The molecule has 0 radical (unpaired) electrons. The van der Waals surface area contributed by atoms with Crippen LogP contribution in [0.2, 0.25) is 0 Å². The van der Waals surface area contributed by atoms with Gasteiger partial charge in [0.05, 0.1) is 29.0 Å². The molecule has 1 aromatic carbocycles. The van der Waals surface area contributed by atoms with Crippen LogP contribution in [0.4, 0.5) is 0 Å². The van der Waals surface area contributed by atoms with E-state index in [9.17, 15) is 9.59 Å². The first-order chi connectivity index (χ1) is 14.4. The van der Waals surface area contributed by atoms with Crippen LogP contribution in [-0.2, 0) is 6.42 Å². The van der Waals surface area contributed by atoms with Crippen molar-refractivity contribution in [3.05, 3.63) is 52.8 Å². The van der Waals surface area contributed by atoms with Gasteiger partial charge in [0.25, 0.3) is 5.91 Å². The number of nitrogens with zero attached hydrogens (tertiary/aromatic N) is 3. The van der Waals surface area contributed by atoms with Gasteiger partial charge in [-0.2, -0.15) is 5.10 Å². The SMILES string of the molecule is CC1(C)CC(=O)c2c([C@@H]3CCCN3C(=O)c3ccccc3)nn(C3CCCC3)c2C1. The number of fused-ring (bicyclic) bond motifs is 1. The van der Waals surface area contributed by atoms with E-state index in [1.807, 2.05) is 35.2 Å². The van der Waals surface area contributed by atoms with Crippen molar-refractivity contribution in [2.75, 3.05) is 6.54 Å². The first kappa shape index (κ1) is 19.5. The molecule has 30 heavy (non-hydrogen) atoms. The minimum absolute atomic E-state index is 0.0348. The number of carbonyl (C=O) groups excluding carboxylic acids is 2. The number of rotatable bonds is 3. The number of likely N-dealkylation sites (tertiary alicyclic amines) is 1. The molecular weight excluding hydrogens is 374 g/mol. The number of aromatic nitrogens is 2. The number of Topliss-reactive ketones (excluding diaryl/α,β-unsaturated/α-hetero) is 1. The molecule has 0 spiro atoms. The van der Waals surface area contributed by atoms with Gasteiger partial charge in [0, 0.05) is 18.5 Å². The summed E-state index contributed by atoms with van der Waals surface area (Å²) >= 11 is 0. The fourth-order valence-corrected chi connectivity index (χ4v) is 5.73. The highest BCUT2D eigenvalue weighted by Crippen LogP contribution is 2.43. The second kappa shape index (κ2) is 7.36. The zero-order chi connectivity index (χ0) is 20.9. The molecule has 1 atom stereocenters. The highest BCUT2D eigenvalue weighted by atomic mass is 16.2. The van der Waals surface area contributed by atoms with Crippen LogP contribution in [0.3, 0.4) is 0 Å². The van der Waals surface area contributed by atoms with E-state index in [2.05, 4.69) is 18.5 Å². The molecule has 1 saturated carbocycles. The van der Waals surface area contributed by atoms with Crippen LogP contribution in [-0.4, -0.2) is 32.9 Å². The van der Waals surface area contributed by atoms with E-state index >= 15 is 0 Å². The third kappa shape index (κ3) is 3.28. The Morgan fingerprint density at radius 3 is 2.50 bits per heavy atom. The third-order valence-corrected chi connectivity index (χ3v) is 7.12. The van der Waals surface area contributed by atoms with Gasteiger partial charge in [-0.25, -0.2) is 0 Å². The average molecular weight is 406 g/mol. The van der Waals surface area contributed by atoms with Crippen LogP contribution in [0.15, 0.2) is 30.3 Å². The summed E-state index contributed by atoms with van der Waals surface area (Å²) in [6.45, 7) is 5.09. The molecule has 5 rings (SSSR count). The lowest BCUT2D eigenvalue weighted by Crippen LogP contribution is -2.32. The molecule has 1 amide bonds. The standard InChI is InChI=1S/C25H31N3O2/c1-25(2)15-20-22(21(29)16-25)23(26-28(20)18-11-6-7-12-18)19-13-8-14-27(19)24(30)17-9-4-3-5-10-17/h3-5,9-10,18-19H,6-8,11-16H2,1-2H3/t19-/m0/s1. The molecule has 1 saturated heterocycles. The summed E-state index contributed by atoms with van der Waals surface area (Å²) in [5, 5.41) is 5.10. The minimum Gasteiger partial charge on any atom is -0.330 e. The molecule has 5 heteroatoms. The molecule has 2 aromatic rings. The lowest BCUT2D eigenvalue weighted by atomic mass is 9.75. The van der Waals surface area contributed by atoms with Gasteiger partial charge in [-0.1, -0.05) is 44.9 Å². The summed E-state index contributed by atoms with van der Waals surface area (Å²) in [6.07, 6.45) is 8.01. The summed E-state index contributed by atoms with van der Waals surface area (Å²) in [5.41, 5.74) is 3.49. The van der Waals surface area contributed by atoms with E-state index in [1.54, 1.807) is 0 Å². The van der Waals surface area contributed by atoms with Gasteiger partial charge in [0.2, 0.25) is 0 Å². The van der Waals surface area contributed by atoms with Gasteiger partial charge < -0.3 is 4.90 Å². The van der Waals surface area contributed by atoms with Gasteiger partial charge >= 0.3 is 0 Å². The summed E-state index contributed by atoms with van der Waals surface area (Å²) < 4.78 is 2.19. The van der Waals surface area contributed by atoms with Crippen LogP contribution >= 0.6 is 0 Å². The Balaban J connectivity index is 1.57. The van der Waals surface area contributed by atoms with Crippen molar-refractivity contribution in [2.24, 2.45) is 5.41 Å². The molecule has 5 nitrogen and oxygen atoms in total. The van der Waals surface area contributed by atoms with Crippen molar-refractivity contribution in [3.8, 4) is 0 Å². The van der Waals surface area contributed by atoms with Crippen molar-refractivity contribution in [3.63, 3.8) is 0 Å². The Kier molecular flexibility index (Phi) is 4.79. The quantitative estimate of drug-likeness (QED) is 0.711. The zero-order valence-corrected chi connectivity index (χ0v) is 18.1. The van der Waals surface area contributed by atoms with E-state index in [0.717, 1.165) is 55.6 Å². The Hall–Kier alpha value is -2.43. The molecule has 2 aliphatic carbocycles. The first-order valence-corrected chi connectivity index (χ1v) is 11.5. The minimum atomic E-state index is -0.0979. The summed E-state index contributed by atoms with van der Waals surface area (Å²) in [5.74, 6) is 0.255. The molecule has 0 unspecified atom stereocenters. The summed E-state index contributed by atoms with van der Waals surface area (Å²) in [7, 11) is 0. The van der Waals surface area contributed by atoms with Crippen molar-refractivity contribution < 1.29 is 9.59 Å². The molecule has 1 aliphatic heterocycles. The Morgan fingerprint density at radius 1 is 1.03 bits per heavy atom. The zero-order valence-electron chi connectivity index (χ0n) is 18.1. The van der Waals surface area contributed by atoms with Gasteiger partial charge in [0.15, 0.2) is 5.78 Å². The second-order valence-electron chi connectivity index (χ2n) is 10.1. The number of ketones is 1. The lowest BCUT2D eigenvalue weighted by molar-refractivity contribution is 0.0728. The molecule has 158 valence electrons.